The Balaban J connectivity index is 2.58. The van der Waals surface area contributed by atoms with Crippen LogP contribution in [0.2, 0.25) is 0 Å². The van der Waals surface area contributed by atoms with E-state index in [4.69, 9.17) is 0 Å². The molecule has 2 rings (SSSR count). The first-order chi connectivity index (χ1) is 8.52. The molecule has 2 heterocycles. The van der Waals surface area contributed by atoms with Gasteiger partial charge in [-0.1, -0.05) is 20.8 Å². The summed E-state index contributed by atoms with van der Waals surface area (Å²) in [6.07, 6.45) is -0.0921. The van der Waals surface area contributed by atoms with E-state index in [-0.39, 0.29) is 5.92 Å². The highest BCUT2D eigenvalue weighted by Crippen LogP contribution is 2.19. The molecule has 0 spiro atoms. The van der Waals surface area contributed by atoms with Gasteiger partial charge in [0.15, 0.2) is 5.65 Å². The third-order valence-corrected chi connectivity index (χ3v) is 2.77. The standard InChI is InChI=1S/C12H16F2N4/c1-4-8-11-12(18(17-8)6-10(13)14)16-9(5-15-11)7(2)3/h5,7,10H,4,6H2,1-3H3. The Morgan fingerprint density at radius 1 is 1.33 bits per heavy atom. The summed E-state index contributed by atoms with van der Waals surface area (Å²) in [6.45, 7) is 5.47. The van der Waals surface area contributed by atoms with Crippen molar-refractivity contribution in [3.05, 3.63) is 17.6 Å². The molecule has 0 amide bonds. The zero-order valence-electron chi connectivity index (χ0n) is 10.7. The van der Waals surface area contributed by atoms with E-state index in [1.165, 1.54) is 4.68 Å². The summed E-state index contributed by atoms with van der Waals surface area (Å²) in [4.78, 5) is 8.71. The summed E-state index contributed by atoms with van der Waals surface area (Å²) in [5, 5.41) is 4.16. The first-order valence-corrected chi connectivity index (χ1v) is 6.03. The molecular formula is C12H16F2N4. The van der Waals surface area contributed by atoms with Crippen LogP contribution >= 0.6 is 0 Å². The van der Waals surface area contributed by atoms with Gasteiger partial charge >= 0.3 is 0 Å². The minimum absolute atomic E-state index is 0.210. The number of hydrogen-bond acceptors (Lipinski definition) is 3. The third-order valence-electron chi connectivity index (χ3n) is 2.77. The summed E-state index contributed by atoms with van der Waals surface area (Å²) < 4.78 is 26.3. The van der Waals surface area contributed by atoms with Crippen molar-refractivity contribution in [3.63, 3.8) is 0 Å². The molecule has 2 aromatic rings. The van der Waals surface area contributed by atoms with Gasteiger partial charge < -0.3 is 0 Å². The maximum atomic E-state index is 12.5. The topological polar surface area (TPSA) is 43.6 Å². The first kappa shape index (κ1) is 12.9. The zero-order chi connectivity index (χ0) is 13.3. The molecule has 0 aromatic carbocycles. The molecule has 0 unspecified atom stereocenters. The smallest absolute Gasteiger partial charge is 0.249 e. The summed E-state index contributed by atoms with van der Waals surface area (Å²) in [6, 6.07) is 0. The van der Waals surface area contributed by atoms with Gasteiger partial charge in [-0.2, -0.15) is 5.10 Å². The molecule has 0 N–H and O–H groups in total. The molecule has 0 aliphatic rings. The molecule has 4 nitrogen and oxygen atoms in total. The number of hydrogen-bond donors (Lipinski definition) is 0. The Hall–Kier alpha value is -1.59. The van der Waals surface area contributed by atoms with Gasteiger partial charge in [0.05, 0.1) is 11.4 Å². The molecule has 0 aliphatic heterocycles. The van der Waals surface area contributed by atoms with E-state index in [9.17, 15) is 8.78 Å². The highest BCUT2D eigenvalue weighted by Gasteiger charge is 2.16. The molecule has 0 saturated heterocycles. The molecule has 0 aliphatic carbocycles. The van der Waals surface area contributed by atoms with Crippen molar-refractivity contribution in [2.75, 3.05) is 0 Å². The lowest BCUT2D eigenvalue weighted by atomic mass is 10.1. The largest absolute Gasteiger partial charge is 0.258 e. The number of aryl methyl sites for hydroxylation is 1. The van der Waals surface area contributed by atoms with Gasteiger partial charge in [-0.25, -0.2) is 23.4 Å². The van der Waals surface area contributed by atoms with Crippen LogP contribution in [-0.2, 0) is 13.0 Å². The Bertz CT molecular complexity index is 548. The number of nitrogens with zero attached hydrogens (tertiary/aromatic N) is 4. The van der Waals surface area contributed by atoms with Crippen molar-refractivity contribution < 1.29 is 8.78 Å². The number of halogens is 2. The predicted octanol–water partition coefficient (Wildman–Crippen LogP) is 2.78. The molecule has 0 radical (unpaired) electrons. The number of fused-ring (bicyclic) bond motifs is 1. The van der Waals surface area contributed by atoms with Gasteiger partial charge in [-0.15, -0.1) is 0 Å². The average molecular weight is 254 g/mol. The normalized spacial score (nSPS) is 11.9. The molecule has 0 atom stereocenters. The fourth-order valence-electron chi connectivity index (χ4n) is 1.79. The second-order valence-electron chi connectivity index (χ2n) is 4.50. The van der Waals surface area contributed by atoms with E-state index in [0.717, 1.165) is 5.69 Å². The lowest BCUT2D eigenvalue weighted by molar-refractivity contribution is 0.123. The van der Waals surface area contributed by atoms with Crippen LogP contribution in [0.25, 0.3) is 11.2 Å². The van der Waals surface area contributed by atoms with E-state index >= 15 is 0 Å². The number of aromatic nitrogens is 4. The molecule has 18 heavy (non-hydrogen) atoms. The van der Waals surface area contributed by atoms with Crippen LogP contribution in [-0.4, -0.2) is 26.2 Å². The van der Waals surface area contributed by atoms with Crippen LogP contribution in [0.4, 0.5) is 8.78 Å². The second kappa shape index (κ2) is 4.96. The summed E-state index contributed by atoms with van der Waals surface area (Å²) >= 11 is 0. The lowest BCUT2D eigenvalue weighted by Crippen LogP contribution is -2.09. The molecular weight excluding hydrogens is 238 g/mol. The van der Waals surface area contributed by atoms with Gasteiger partial charge in [0.25, 0.3) is 6.43 Å². The van der Waals surface area contributed by atoms with Crippen molar-refractivity contribution in [3.8, 4) is 0 Å². The molecule has 6 heteroatoms. The van der Waals surface area contributed by atoms with Crippen LogP contribution < -0.4 is 0 Å². The van der Waals surface area contributed by atoms with Crippen molar-refractivity contribution >= 4 is 11.2 Å². The van der Waals surface area contributed by atoms with Gasteiger partial charge in [-0.3, -0.25) is 0 Å². The van der Waals surface area contributed by atoms with Crippen LogP contribution in [0.1, 0.15) is 38.1 Å². The van der Waals surface area contributed by atoms with Gasteiger partial charge in [0.2, 0.25) is 0 Å². The van der Waals surface area contributed by atoms with Gasteiger partial charge in [0.1, 0.15) is 12.1 Å². The summed E-state index contributed by atoms with van der Waals surface area (Å²) in [7, 11) is 0. The maximum absolute atomic E-state index is 12.5. The molecule has 0 fully saturated rings. The van der Waals surface area contributed by atoms with E-state index in [1.807, 2.05) is 20.8 Å². The zero-order valence-corrected chi connectivity index (χ0v) is 10.7. The lowest BCUT2D eigenvalue weighted by Gasteiger charge is -2.05. The Morgan fingerprint density at radius 2 is 2.06 bits per heavy atom. The van der Waals surface area contributed by atoms with Crippen molar-refractivity contribution in [2.45, 2.75) is 46.1 Å². The first-order valence-electron chi connectivity index (χ1n) is 6.03. The van der Waals surface area contributed by atoms with E-state index in [1.54, 1.807) is 6.20 Å². The highest BCUT2D eigenvalue weighted by molar-refractivity contribution is 5.73. The fourth-order valence-corrected chi connectivity index (χ4v) is 1.79. The van der Waals surface area contributed by atoms with E-state index in [2.05, 4.69) is 15.1 Å². The number of alkyl halides is 2. The molecule has 0 bridgehead atoms. The minimum atomic E-state index is -2.44. The quantitative estimate of drug-likeness (QED) is 0.842. The van der Waals surface area contributed by atoms with Crippen LogP contribution in [0, 0.1) is 0 Å². The Kier molecular flexibility index (Phi) is 3.54. The summed E-state index contributed by atoms with van der Waals surface area (Å²) in [5.41, 5.74) is 2.59. The fraction of sp³-hybridized carbons (Fsp3) is 0.583. The van der Waals surface area contributed by atoms with Crippen LogP contribution in [0.5, 0.6) is 0 Å². The summed E-state index contributed by atoms with van der Waals surface area (Å²) in [5.74, 6) is 0.210. The SMILES string of the molecule is CCc1nn(CC(F)F)c2nc(C(C)C)cnc12. The predicted molar refractivity (Wildman–Crippen MR) is 64.8 cm³/mol. The average Bonchev–Trinajstić information content (AvgIpc) is 2.66. The minimum Gasteiger partial charge on any atom is -0.249 e. The second-order valence-corrected chi connectivity index (χ2v) is 4.50. The molecule has 2 aromatic heterocycles. The highest BCUT2D eigenvalue weighted by atomic mass is 19.3. The molecule has 0 saturated carbocycles. The molecule has 98 valence electrons. The van der Waals surface area contributed by atoms with Crippen LogP contribution in [0.3, 0.4) is 0 Å². The Morgan fingerprint density at radius 3 is 2.61 bits per heavy atom. The van der Waals surface area contributed by atoms with Gasteiger partial charge in [0, 0.05) is 6.20 Å². The van der Waals surface area contributed by atoms with Gasteiger partial charge in [-0.05, 0) is 12.3 Å². The monoisotopic (exact) mass is 254 g/mol. The number of rotatable bonds is 4. The van der Waals surface area contributed by atoms with E-state index in [0.29, 0.717) is 23.3 Å². The van der Waals surface area contributed by atoms with Crippen molar-refractivity contribution in [2.24, 2.45) is 0 Å². The Labute approximate surface area is 104 Å². The van der Waals surface area contributed by atoms with Crippen LogP contribution in [0.15, 0.2) is 6.20 Å². The van der Waals surface area contributed by atoms with Crippen molar-refractivity contribution in [1.82, 2.24) is 19.7 Å². The van der Waals surface area contributed by atoms with E-state index < -0.39 is 13.0 Å². The third kappa shape index (κ3) is 2.32. The maximum Gasteiger partial charge on any atom is 0.258 e. The van der Waals surface area contributed by atoms with Crippen molar-refractivity contribution in [1.29, 1.82) is 0 Å².